The van der Waals surface area contributed by atoms with Crippen LogP contribution in [-0.4, -0.2) is 31.1 Å². The molecule has 2 nitrogen and oxygen atoms in total. The van der Waals surface area contributed by atoms with Crippen LogP contribution >= 0.6 is 7.26 Å². The van der Waals surface area contributed by atoms with Crippen molar-refractivity contribution in [2.45, 2.75) is 0 Å². The van der Waals surface area contributed by atoms with Gasteiger partial charge in [-0.25, -0.2) is 4.79 Å². The second-order valence-corrected chi connectivity index (χ2v) is 8.41. The molecule has 0 saturated heterocycles. The van der Waals surface area contributed by atoms with Gasteiger partial charge in [0.25, 0.3) is 0 Å². The number of rotatable bonds is 2. The maximum absolute atomic E-state index is 10.6. The van der Waals surface area contributed by atoms with Crippen LogP contribution in [0.4, 0.5) is 0 Å². The first-order chi connectivity index (χ1) is 5.91. The van der Waals surface area contributed by atoms with Crippen LogP contribution in [0.15, 0.2) is 24.3 Å². The lowest BCUT2D eigenvalue weighted by Gasteiger charge is -2.10. The lowest BCUT2D eigenvalue weighted by atomic mass is 10.2. The Balaban J connectivity index is 3.01. The van der Waals surface area contributed by atoms with E-state index >= 15 is 0 Å². The molecule has 1 aromatic rings. The topological polar surface area (TPSA) is 37.3 Å². The summed E-state index contributed by atoms with van der Waals surface area (Å²) in [5, 5.41) is 9.95. The molecular weight excluding hydrogens is 183 g/mol. The summed E-state index contributed by atoms with van der Waals surface area (Å²) in [6, 6.07) is 7.17. The lowest BCUT2D eigenvalue weighted by molar-refractivity contribution is 0.0697. The molecule has 0 bridgehead atoms. The summed E-state index contributed by atoms with van der Waals surface area (Å²) in [5.41, 5.74) is 0.359. The molecule has 13 heavy (non-hydrogen) atoms. The number of hydrogen-bond acceptors (Lipinski definition) is 1. The van der Waals surface area contributed by atoms with Crippen molar-refractivity contribution in [1.29, 1.82) is 0 Å². The maximum Gasteiger partial charge on any atom is 0.335 e. The highest BCUT2D eigenvalue weighted by Crippen LogP contribution is 2.44. The van der Waals surface area contributed by atoms with Gasteiger partial charge >= 0.3 is 5.97 Å². The van der Waals surface area contributed by atoms with E-state index in [1.165, 1.54) is 5.30 Å². The third kappa shape index (κ3) is 2.53. The van der Waals surface area contributed by atoms with Gasteiger partial charge in [-0.15, -0.1) is 0 Å². The minimum Gasteiger partial charge on any atom is -0.478 e. The average molecular weight is 197 g/mol. The van der Waals surface area contributed by atoms with Crippen molar-refractivity contribution in [1.82, 2.24) is 0 Å². The molecule has 1 rings (SSSR count). The van der Waals surface area contributed by atoms with Crippen LogP contribution in [0.3, 0.4) is 0 Å². The molecular formula is C10H14O2P+. The Labute approximate surface area is 78.9 Å². The Morgan fingerprint density at radius 1 is 1.15 bits per heavy atom. The third-order valence-corrected chi connectivity index (χ3v) is 3.74. The second kappa shape index (κ2) is 3.47. The van der Waals surface area contributed by atoms with Gasteiger partial charge in [-0.05, 0) is 24.3 Å². The van der Waals surface area contributed by atoms with Crippen molar-refractivity contribution in [2.75, 3.05) is 20.0 Å². The molecule has 0 amide bonds. The quantitative estimate of drug-likeness (QED) is 0.735. The zero-order chi connectivity index (χ0) is 10.1. The Bertz CT molecular complexity index is 309. The summed E-state index contributed by atoms with van der Waals surface area (Å²) in [5.74, 6) is -0.862. The van der Waals surface area contributed by atoms with Gasteiger partial charge < -0.3 is 5.11 Å². The highest BCUT2D eigenvalue weighted by molar-refractivity contribution is 7.80. The van der Waals surface area contributed by atoms with Crippen molar-refractivity contribution in [2.24, 2.45) is 0 Å². The van der Waals surface area contributed by atoms with Crippen LogP contribution < -0.4 is 5.30 Å². The van der Waals surface area contributed by atoms with E-state index < -0.39 is 13.2 Å². The fourth-order valence-electron chi connectivity index (χ4n) is 1.05. The molecule has 1 aromatic carbocycles. The molecule has 0 aromatic heterocycles. The zero-order valence-corrected chi connectivity index (χ0v) is 9.01. The van der Waals surface area contributed by atoms with Gasteiger partial charge in [-0.2, -0.15) is 0 Å². The SMILES string of the molecule is C[P+](C)(C)c1ccc(C(=O)O)cc1. The molecule has 3 heteroatoms. The molecule has 70 valence electrons. The largest absolute Gasteiger partial charge is 0.478 e. The van der Waals surface area contributed by atoms with Crippen molar-refractivity contribution >= 4 is 18.5 Å². The number of hydrogen-bond donors (Lipinski definition) is 1. The van der Waals surface area contributed by atoms with E-state index in [0.717, 1.165) is 0 Å². The minimum absolute atomic E-state index is 0.359. The summed E-state index contributed by atoms with van der Waals surface area (Å²) in [7, 11) is -1.01. The van der Waals surface area contributed by atoms with Gasteiger partial charge in [0, 0.05) is 7.26 Å². The first-order valence-electron chi connectivity index (χ1n) is 4.06. The molecule has 0 aliphatic rings. The van der Waals surface area contributed by atoms with Gasteiger partial charge in [0.1, 0.15) is 0 Å². The standard InChI is InChI=1S/C10H13O2P/c1-13(2,3)9-6-4-8(5-7-9)10(11)12/h4-7H,1-3H3/p+1. The third-order valence-electron chi connectivity index (χ3n) is 1.89. The lowest BCUT2D eigenvalue weighted by Crippen LogP contribution is -2.08. The number of benzene rings is 1. The predicted molar refractivity (Wildman–Crippen MR) is 57.7 cm³/mol. The van der Waals surface area contributed by atoms with Crippen molar-refractivity contribution in [3.05, 3.63) is 29.8 Å². The molecule has 0 radical (unpaired) electrons. The maximum atomic E-state index is 10.6. The average Bonchev–Trinajstić information content (AvgIpc) is 2.03. The summed E-state index contributed by atoms with van der Waals surface area (Å²) >= 11 is 0. The molecule has 0 unspecified atom stereocenters. The zero-order valence-electron chi connectivity index (χ0n) is 8.11. The fourth-order valence-corrected chi connectivity index (χ4v) is 2.09. The fraction of sp³-hybridized carbons (Fsp3) is 0.300. The van der Waals surface area contributed by atoms with Gasteiger partial charge in [0.05, 0.1) is 30.9 Å². The summed E-state index contributed by atoms with van der Waals surface area (Å²) in [6.07, 6.45) is 0. The summed E-state index contributed by atoms with van der Waals surface area (Å²) in [4.78, 5) is 10.6. The molecule has 0 aliphatic heterocycles. The monoisotopic (exact) mass is 197 g/mol. The first kappa shape index (κ1) is 10.2. The van der Waals surface area contributed by atoms with E-state index in [1.54, 1.807) is 12.1 Å². The van der Waals surface area contributed by atoms with Crippen molar-refractivity contribution < 1.29 is 9.90 Å². The van der Waals surface area contributed by atoms with E-state index in [0.29, 0.717) is 5.56 Å². The number of carbonyl (C=O) groups is 1. The molecule has 0 fully saturated rings. The van der Waals surface area contributed by atoms with Gasteiger partial charge in [-0.1, -0.05) is 0 Å². The molecule has 0 aliphatic carbocycles. The number of carboxylic acid groups (broad SMARTS) is 1. The molecule has 0 atom stereocenters. The van der Waals surface area contributed by atoms with Gasteiger partial charge in [0.2, 0.25) is 0 Å². The molecule has 1 N–H and O–H groups in total. The summed E-state index contributed by atoms with van der Waals surface area (Å²) < 4.78 is 0. The molecule has 0 saturated carbocycles. The Morgan fingerprint density at radius 2 is 1.62 bits per heavy atom. The van der Waals surface area contributed by atoms with Crippen LogP contribution in [0.5, 0.6) is 0 Å². The van der Waals surface area contributed by atoms with Gasteiger partial charge in [-0.3, -0.25) is 0 Å². The van der Waals surface area contributed by atoms with E-state index in [4.69, 9.17) is 5.11 Å². The second-order valence-electron chi connectivity index (χ2n) is 3.86. The minimum atomic E-state index is -1.01. The van der Waals surface area contributed by atoms with E-state index in [9.17, 15) is 4.79 Å². The van der Waals surface area contributed by atoms with Crippen LogP contribution in [0.25, 0.3) is 0 Å². The predicted octanol–water partition coefficient (Wildman–Crippen LogP) is 1.92. The Morgan fingerprint density at radius 3 is 1.92 bits per heavy atom. The van der Waals surface area contributed by atoms with Crippen LogP contribution in [0, 0.1) is 0 Å². The number of carboxylic acids is 1. The molecule has 0 heterocycles. The van der Waals surface area contributed by atoms with Crippen molar-refractivity contribution in [3.63, 3.8) is 0 Å². The van der Waals surface area contributed by atoms with E-state index in [1.807, 2.05) is 12.1 Å². The Hall–Kier alpha value is -0.880. The number of aromatic carboxylic acids is 1. The highest BCUT2D eigenvalue weighted by Gasteiger charge is 2.20. The normalized spacial score (nSPS) is 11.3. The van der Waals surface area contributed by atoms with Crippen LogP contribution in [0.2, 0.25) is 0 Å². The van der Waals surface area contributed by atoms with Crippen molar-refractivity contribution in [3.8, 4) is 0 Å². The van der Waals surface area contributed by atoms with Gasteiger partial charge in [0.15, 0.2) is 0 Å². The molecule has 0 spiro atoms. The van der Waals surface area contributed by atoms with Crippen LogP contribution in [-0.2, 0) is 0 Å². The first-order valence-corrected chi connectivity index (χ1v) is 7.19. The summed E-state index contributed by atoms with van der Waals surface area (Å²) in [6.45, 7) is 6.63. The van der Waals surface area contributed by atoms with E-state index in [-0.39, 0.29) is 0 Å². The van der Waals surface area contributed by atoms with E-state index in [2.05, 4.69) is 20.0 Å². The highest BCUT2D eigenvalue weighted by atomic mass is 31.2. The Kier molecular flexibility index (Phi) is 2.72. The van der Waals surface area contributed by atoms with Crippen LogP contribution in [0.1, 0.15) is 10.4 Å². The smallest absolute Gasteiger partial charge is 0.335 e.